The Hall–Kier alpha value is -3.41. The lowest BCUT2D eigenvalue weighted by Gasteiger charge is -2.35. The van der Waals surface area contributed by atoms with E-state index in [4.69, 9.17) is 4.74 Å². The van der Waals surface area contributed by atoms with Gasteiger partial charge in [0.15, 0.2) is 5.78 Å². The van der Waals surface area contributed by atoms with Crippen molar-refractivity contribution in [2.75, 3.05) is 12.0 Å². The van der Waals surface area contributed by atoms with Crippen LogP contribution >= 0.6 is 0 Å². The molecule has 2 aromatic rings. The molecule has 0 aromatic heterocycles. The molecule has 4 unspecified atom stereocenters. The highest BCUT2D eigenvalue weighted by atomic mass is 16.5. The van der Waals surface area contributed by atoms with Crippen molar-refractivity contribution in [3.8, 4) is 5.75 Å². The number of imide groups is 1. The molecular weight excluding hydrogens is 356 g/mol. The van der Waals surface area contributed by atoms with Gasteiger partial charge in [0.1, 0.15) is 11.8 Å². The summed E-state index contributed by atoms with van der Waals surface area (Å²) >= 11 is 0. The molecule has 2 saturated heterocycles. The number of ether oxygens (including phenoxy) is 1. The summed E-state index contributed by atoms with van der Waals surface area (Å²) in [6.07, 6.45) is 3.89. The number of ketones is 1. The number of methoxy groups -OCH3 is 1. The number of nitrogens with zero attached hydrogens (tertiary/aromatic N) is 1. The molecule has 4 atom stereocenters. The number of para-hydroxylation sites is 1. The number of carbonyl (C=O) groups excluding carboxylic acids is 3. The molecule has 3 aliphatic rings. The summed E-state index contributed by atoms with van der Waals surface area (Å²) in [6, 6.07) is 13.5. The van der Waals surface area contributed by atoms with Crippen LogP contribution in [0.25, 0.3) is 6.08 Å². The zero-order chi connectivity index (χ0) is 19.4. The third kappa shape index (κ3) is 2.24. The summed E-state index contributed by atoms with van der Waals surface area (Å²) in [4.78, 5) is 40.6. The van der Waals surface area contributed by atoms with Crippen molar-refractivity contribution in [3.63, 3.8) is 0 Å². The van der Waals surface area contributed by atoms with Crippen LogP contribution < -0.4 is 15.0 Å². The van der Waals surface area contributed by atoms with Gasteiger partial charge in [-0.05, 0) is 35.9 Å². The summed E-state index contributed by atoms with van der Waals surface area (Å²) in [5.41, 5.74) is 2.33. The maximum absolute atomic E-state index is 13.5. The first-order valence-electron chi connectivity index (χ1n) is 9.18. The van der Waals surface area contributed by atoms with Crippen molar-refractivity contribution in [3.05, 3.63) is 65.7 Å². The van der Waals surface area contributed by atoms with Crippen LogP contribution in [0.4, 0.5) is 5.69 Å². The van der Waals surface area contributed by atoms with Crippen LogP contribution in [-0.2, 0) is 9.59 Å². The minimum atomic E-state index is -0.735. The first kappa shape index (κ1) is 16.7. The van der Waals surface area contributed by atoms with Crippen molar-refractivity contribution in [2.45, 2.75) is 12.1 Å². The highest BCUT2D eigenvalue weighted by Crippen LogP contribution is 2.46. The fourth-order valence-electron chi connectivity index (χ4n) is 4.66. The second-order valence-electron chi connectivity index (χ2n) is 7.26. The molecule has 0 radical (unpaired) electrons. The number of Topliss-reactive ketones (excluding diaryl/α,β-unsaturated/α-hetero) is 1. The Balaban J connectivity index is 1.63. The number of hydrogen-bond donors (Lipinski definition) is 1. The van der Waals surface area contributed by atoms with E-state index in [-0.39, 0.29) is 23.6 Å². The van der Waals surface area contributed by atoms with Crippen molar-refractivity contribution in [2.24, 2.45) is 11.8 Å². The molecule has 2 amide bonds. The Morgan fingerprint density at radius 1 is 1.00 bits per heavy atom. The Kier molecular flexibility index (Phi) is 3.62. The van der Waals surface area contributed by atoms with Gasteiger partial charge in [-0.15, -0.1) is 0 Å². The quantitative estimate of drug-likeness (QED) is 0.657. The van der Waals surface area contributed by atoms with E-state index in [1.807, 2.05) is 41.3 Å². The summed E-state index contributed by atoms with van der Waals surface area (Å²) in [5.74, 6) is -1.47. The Morgan fingerprint density at radius 2 is 1.71 bits per heavy atom. The van der Waals surface area contributed by atoms with Gasteiger partial charge in [-0.1, -0.05) is 30.4 Å². The molecule has 140 valence electrons. The standard InChI is InChI=1S/C22H18N2O4/c1-28-14-9-6-13(7-10-14)20(25)19-18-17(21(26)23-22(18)27)16-11-8-12-4-2-3-5-15(12)24(16)19/h2-11,16-19H,1H3,(H,23,26,27). The minimum Gasteiger partial charge on any atom is -0.497 e. The fourth-order valence-corrected chi connectivity index (χ4v) is 4.66. The molecule has 0 saturated carbocycles. The van der Waals surface area contributed by atoms with E-state index >= 15 is 0 Å². The molecule has 0 aliphatic carbocycles. The van der Waals surface area contributed by atoms with Gasteiger partial charge in [0.2, 0.25) is 11.8 Å². The monoisotopic (exact) mass is 374 g/mol. The Bertz CT molecular complexity index is 1030. The summed E-state index contributed by atoms with van der Waals surface area (Å²) in [6.45, 7) is 0. The zero-order valence-corrected chi connectivity index (χ0v) is 15.2. The van der Waals surface area contributed by atoms with Crippen molar-refractivity contribution in [1.82, 2.24) is 5.32 Å². The molecule has 0 spiro atoms. The second kappa shape index (κ2) is 6.05. The molecule has 3 aliphatic heterocycles. The van der Waals surface area contributed by atoms with E-state index in [2.05, 4.69) is 5.32 Å². The van der Waals surface area contributed by atoms with Gasteiger partial charge in [-0.3, -0.25) is 19.7 Å². The van der Waals surface area contributed by atoms with E-state index in [9.17, 15) is 14.4 Å². The molecule has 0 bridgehead atoms. The van der Waals surface area contributed by atoms with Gasteiger partial charge >= 0.3 is 0 Å². The van der Waals surface area contributed by atoms with Gasteiger partial charge in [0.25, 0.3) is 0 Å². The molecule has 2 aromatic carbocycles. The predicted molar refractivity (Wildman–Crippen MR) is 103 cm³/mol. The number of carbonyl (C=O) groups is 3. The number of rotatable bonds is 3. The summed E-state index contributed by atoms with van der Waals surface area (Å²) in [5, 5.41) is 2.42. The molecular formula is C22H18N2O4. The SMILES string of the molecule is COc1ccc(C(=O)C2C3C(=O)NC(=O)C3C3C=Cc4ccccc4N32)cc1. The van der Waals surface area contributed by atoms with Crippen LogP contribution in [0.2, 0.25) is 0 Å². The van der Waals surface area contributed by atoms with E-state index < -0.39 is 17.9 Å². The maximum atomic E-state index is 13.5. The van der Waals surface area contributed by atoms with Gasteiger partial charge in [-0.2, -0.15) is 0 Å². The van der Waals surface area contributed by atoms with E-state index in [1.54, 1.807) is 31.4 Å². The third-order valence-electron chi connectivity index (χ3n) is 5.90. The van der Waals surface area contributed by atoms with E-state index in [1.165, 1.54) is 0 Å². The lowest BCUT2D eigenvalue weighted by atomic mass is 9.86. The number of amides is 2. The van der Waals surface area contributed by atoms with Crippen molar-refractivity contribution >= 4 is 29.4 Å². The van der Waals surface area contributed by atoms with Crippen LogP contribution in [-0.4, -0.2) is 36.8 Å². The van der Waals surface area contributed by atoms with Gasteiger partial charge in [-0.25, -0.2) is 0 Å². The molecule has 6 heteroatoms. The molecule has 1 N–H and O–H groups in total. The fraction of sp³-hybridized carbons (Fsp3) is 0.227. The number of anilines is 1. The number of benzene rings is 2. The largest absolute Gasteiger partial charge is 0.497 e. The van der Waals surface area contributed by atoms with E-state index in [0.29, 0.717) is 11.3 Å². The smallest absolute Gasteiger partial charge is 0.233 e. The Morgan fingerprint density at radius 3 is 2.46 bits per heavy atom. The molecule has 2 fully saturated rings. The molecule has 6 nitrogen and oxygen atoms in total. The topological polar surface area (TPSA) is 75.7 Å². The third-order valence-corrected chi connectivity index (χ3v) is 5.90. The average Bonchev–Trinajstić information content (AvgIpc) is 3.23. The number of fused-ring (bicyclic) bond motifs is 5. The van der Waals surface area contributed by atoms with Crippen molar-refractivity contribution in [1.29, 1.82) is 0 Å². The molecule has 5 rings (SSSR count). The lowest BCUT2D eigenvalue weighted by molar-refractivity contribution is -0.126. The minimum absolute atomic E-state index is 0.171. The van der Waals surface area contributed by atoms with Crippen molar-refractivity contribution < 1.29 is 19.1 Å². The average molecular weight is 374 g/mol. The first-order valence-corrected chi connectivity index (χ1v) is 9.18. The maximum Gasteiger partial charge on any atom is 0.233 e. The summed E-state index contributed by atoms with van der Waals surface area (Å²) in [7, 11) is 1.56. The van der Waals surface area contributed by atoms with Gasteiger partial charge in [0.05, 0.1) is 25.0 Å². The zero-order valence-electron chi connectivity index (χ0n) is 15.2. The highest BCUT2D eigenvalue weighted by Gasteiger charge is 2.61. The second-order valence-corrected chi connectivity index (χ2v) is 7.26. The predicted octanol–water partition coefficient (Wildman–Crippen LogP) is 2.05. The molecule has 3 heterocycles. The van der Waals surface area contributed by atoms with E-state index in [0.717, 1.165) is 11.3 Å². The Labute approximate surface area is 161 Å². The van der Waals surface area contributed by atoms with Crippen LogP contribution in [0, 0.1) is 11.8 Å². The van der Waals surface area contributed by atoms with Crippen LogP contribution in [0.3, 0.4) is 0 Å². The number of hydrogen-bond acceptors (Lipinski definition) is 5. The summed E-state index contributed by atoms with van der Waals surface area (Å²) < 4.78 is 5.17. The van der Waals surface area contributed by atoms with Crippen LogP contribution in [0.1, 0.15) is 15.9 Å². The first-order chi connectivity index (χ1) is 13.6. The normalized spacial score (nSPS) is 27.1. The van der Waals surface area contributed by atoms with Gasteiger partial charge < -0.3 is 9.64 Å². The van der Waals surface area contributed by atoms with Gasteiger partial charge in [0, 0.05) is 11.3 Å². The van der Waals surface area contributed by atoms with Crippen LogP contribution in [0.5, 0.6) is 5.75 Å². The number of nitrogens with one attached hydrogen (secondary N) is 1. The lowest BCUT2D eigenvalue weighted by Crippen LogP contribution is -2.47. The molecule has 28 heavy (non-hydrogen) atoms. The highest BCUT2D eigenvalue weighted by molar-refractivity contribution is 6.14. The van der Waals surface area contributed by atoms with Crippen LogP contribution in [0.15, 0.2) is 54.6 Å².